The van der Waals surface area contributed by atoms with Gasteiger partial charge in [0, 0.05) is 5.70 Å². The summed E-state index contributed by atoms with van der Waals surface area (Å²) in [6.45, 7) is 9.62. The van der Waals surface area contributed by atoms with Crippen molar-refractivity contribution in [3.05, 3.63) is 59.8 Å². The van der Waals surface area contributed by atoms with Crippen molar-refractivity contribution in [2.24, 2.45) is 5.73 Å². The molecule has 0 heterocycles. The Morgan fingerprint density at radius 1 is 1.25 bits per heavy atom. The van der Waals surface area contributed by atoms with Gasteiger partial charge in [0.1, 0.15) is 0 Å². The summed E-state index contributed by atoms with van der Waals surface area (Å²) in [5.74, 6) is 0. The lowest BCUT2D eigenvalue weighted by molar-refractivity contribution is 0.918. The van der Waals surface area contributed by atoms with Gasteiger partial charge in [0.2, 0.25) is 0 Å². The summed E-state index contributed by atoms with van der Waals surface area (Å²) >= 11 is 0. The van der Waals surface area contributed by atoms with Gasteiger partial charge >= 0.3 is 0 Å². The first-order chi connectivity index (χ1) is 7.61. The van der Waals surface area contributed by atoms with Crippen LogP contribution in [-0.4, -0.2) is 0 Å². The van der Waals surface area contributed by atoms with Gasteiger partial charge in [-0.05, 0) is 43.7 Å². The Hall–Kier alpha value is -1.50. The van der Waals surface area contributed by atoms with Crippen LogP contribution in [0.25, 0.3) is 0 Å². The highest BCUT2D eigenvalue weighted by Crippen LogP contribution is 2.14. The normalized spacial score (nSPS) is 10.1. The molecule has 0 fully saturated rings. The highest BCUT2D eigenvalue weighted by atomic mass is 14.5. The molecular formula is C15H21N. The van der Waals surface area contributed by atoms with Crippen molar-refractivity contribution in [2.45, 2.75) is 32.6 Å². The largest absolute Gasteiger partial charge is 0.403 e. The molecular weight excluding hydrogens is 194 g/mol. The van der Waals surface area contributed by atoms with Crippen LogP contribution < -0.4 is 5.73 Å². The maximum atomic E-state index is 5.59. The van der Waals surface area contributed by atoms with Gasteiger partial charge in [-0.1, -0.05) is 36.4 Å². The van der Waals surface area contributed by atoms with E-state index >= 15 is 0 Å². The third-order valence-electron chi connectivity index (χ3n) is 2.57. The van der Waals surface area contributed by atoms with Crippen molar-refractivity contribution in [1.82, 2.24) is 0 Å². The third kappa shape index (κ3) is 4.35. The standard InChI is InChI=1S/C15H21N/c1-4-5-6-14-9-12(2)10-15(11-14)8-7-13(3)16/h4,9-11H,1,3,5-8,16H2,2H3. The van der Waals surface area contributed by atoms with Crippen molar-refractivity contribution in [1.29, 1.82) is 0 Å². The second kappa shape index (κ2) is 6.16. The molecule has 0 amide bonds. The van der Waals surface area contributed by atoms with E-state index in [1.165, 1.54) is 16.7 Å². The molecule has 86 valence electrons. The summed E-state index contributed by atoms with van der Waals surface area (Å²) in [6, 6.07) is 6.73. The molecule has 1 nitrogen and oxygen atoms in total. The molecule has 16 heavy (non-hydrogen) atoms. The molecule has 1 rings (SSSR count). The van der Waals surface area contributed by atoms with Gasteiger partial charge in [-0.2, -0.15) is 0 Å². The van der Waals surface area contributed by atoms with Gasteiger partial charge in [-0.3, -0.25) is 0 Å². The second-order valence-corrected chi connectivity index (χ2v) is 4.31. The summed E-state index contributed by atoms with van der Waals surface area (Å²) in [6.07, 6.45) is 5.92. The molecule has 0 unspecified atom stereocenters. The Kier molecular flexibility index (Phi) is 4.84. The Labute approximate surface area is 98.7 Å². The maximum absolute atomic E-state index is 5.59. The van der Waals surface area contributed by atoms with Gasteiger partial charge < -0.3 is 5.73 Å². The fourth-order valence-electron chi connectivity index (χ4n) is 1.81. The van der Waals surface area contributed by atoms with Crippen molar-refractivity contribution < 1.29 is 0 Å². The number of rotatable bonds is 6. The summed E-state index contributed by atoms with van der Waals surface area (Å²) in [4.78, 5) is 0. The first kappa shape index (κ1) is 12.6. The number of nitrogens with two attached hydrogens (primary N) is 1. The minimum atomic E-state index is 0.758. The average Bonchev–Trinajstić information content (AvgIpc) is 2.23. The smallest absolute Gasteiger partial charge is 0.00108 e. The van der Waals surface area contributed by atoms with E-state index in [-0.39, 0.29) is 0 Å². The number of hydrogen-bond acceptors (Lipinski definition) is 1. The zero-order valence-corrected chi connectivity index (χ0v) is 10.1. The number of allylic oxidation sites excluding steroid dienone is 2. The molecule has 0 saturated heterocycles. The lowest BCUT2D eigenvalue weighted by Gasteiger charge is -2.07. The van der Waals surface area contributed by atoms with Gasteiger partial charge in [0.15, 0.2) is 0 Å². The van der Waals surface area contributed by atoms with E-state index in [4.69, 9.17) is 5.73 Å². The molecule has 0 aliphatic heterocycles. The van der Waals surface area contributed by atoms with Crippen LogP contribution in [0.1, 0.15) is 29.5 Å². The van der Waals surface area contributed by atoms with E-state index in [1.54, 1.807) is 0 Å². The van der Waals surface area contributed by atoms with Crippen LogP contribution in [0.5, 0.6) is 0 Å². The number of aryl methyl sites for hydroxylation is 3. The van der Waals surface area contributed by atoms with Crippen LogP contribution in [0, 0.1) is 6.92 Å². The minimum absolute atomic E-state index is 0.758. The lowest BCUT2D eigenvalue weighted by Crippen LogP contribution is -1.98. The SMILES string of the molecule is C=CCCc1cc(C)cc(CCC(=C)N)c1. The van der Waals surface area contributed by atoms with Crippen molar-refractivity contribution in [3.8, 4) is 0 Å². The Bertz CT molecular complexity index is 377. The van der Waals surface area contributed by atoms with Gasteiger partial charge in [0.25, 0.3) is 0 Å². The van der Waals surface area contributed by atoms with Crippen LogP contribution in [0.4, 0.5) is 0 Å². The molecule has 0 atom stereocenters. The van der Waals surface area contributed by atoms with Crippen molar-refractivity contribution >= 4 is 0 Å². The van der Waals surface area contributed by atoms with Crippen LogP contribution in [0.2, 0.25) is 0 Å². The summed E-state index contributed by atoms with van der Waals surface area (Å²) in [7, 11) is 0. The van der Waals surface area contributed by atoms with Crippen molar-refractivity contribution in [3.63, 3.8) is 0 Å². The van der Waals surface area contributed by atoms with Gasteiger partial charge in [-0.25, -0.2) is 0 Å². The topological polar surface area (TPSA) is 26.0 Å². The fourth-order valence-corrected chi connectivity index (χ4v) is 1.81. The summed E-state index contributed by atoms with van der Waals surface area (Å²) in [5.41, 5.74) is 10.4. The maximum Gasteiger partial charge on any atom is 0.00108 e. The Balaban J connectivity index is 2.72. The molecule has 0 spiro atoms. The first-order valence-electron chi connectivity index (χ1n) is 5.75. The molecule has 0 aromatic heterocycles. The van der Waals surface area contributed by atoms with Crippen LogP contribution in [0.3, 0.4) is 0 Å². The van der Waals surface area contributed by atoms with E-state index in [1.807, 2.05) is 6.08 Å². The van der Waals surface area contributed by atoms with E-state index in [9.17, 15) is 0 Å². The highest BCUT2D eigenvalue weighted by Gasteiger charge is 1.99. The molecule has 0 radical (unpaired) electrons. The molecule has 1 aromatic carbocycles. The van der Waals surface area contributed by atoms with Crippen molar-refractivity contribution in [2.75, 3.05) is 0 Å². The molecule has 0 aliphatic rings. The summed E-state index contributed by atoms with van der Waals surface area (Å²) in [5, 5.41) is 0. The number of hydrogen-bond donors (Lipinski definition) is 1. The second-order valence-electron chi connectivity index (χ2n) is 4.31. The average molecular weight is 215 g/mol. The lowest BCUT2D eigenvalue weighted by atomic mass is 10.00. The fraction of sp³-hybridized carbons (Fsp3) is 0.333. The first-order valence-corrected chi connectivity index (χ1v) is 5.75. The molecule has 0 saturated carbocycles. The third-order valence-corrected chi connectivity index (χ3v) is 2.57. The Morgan fingerprint density at radius 2 is 1.88 bits per heavy atom. The predicted molar refractivity (Wildman–Crippen MR) is 71.3 cm³/mol. The van der Waals surface area contributed by atoms with E-state index in [0.29, 0.717) is 0 Å². The molecule has 0 bridgehead atoms. The van der Waals surface area contributed by atoms with Crippen LogP contribution in [0.15, 0.2) is 43.1 Å². The monoisotopic (exact) mass is 215 g/mol. The quantitative estimate of drug-likeness (QED) is 0.722. The highest BCUT2D eigenvalue weighted by molar-refractivity contribution is 5.30. The Morgan fingerprint density at radius 3 is 2.44 bits per heavy atom. The number of benzene rings is 1. The molecule has 0 aliphatic carbocycles. The molecule has 1 heteroatoms. The zero-order valence-electron chi connectivity index (χ0n) is 10.1. The van der Waals surface area contributed by atoms with E-state index in [0.717, 1.165) is 31.4 Å². The predicted octanol–water partition coefficient (Wildman–Crippen LogP) is 3.52. The minimum Gasteiger partial charge on any atom is -0.403 e. The van der Waals surface area contributed by atoms with E-state index < -0.39 is 0 Å². The summed E-state index contributed by atoms with van der Waals surface area (Å²) < 4.78 is 0. The van der Waals surface area contributed by atoms with Gasteiger partial charge in [0.05, 0.1) is 0 Å². The molecule has 1 aromatic rings. The van der Waals surface area contributed by atoms with E-state index in [2.05, 4.69) is 38.3 Å². The van der Waals surface area contributed by atoms with Crippen LogP contribution >= 0.6 is 0 Å². The molecule has 2 N–H and O–H groups in total. The van der Waals surface area contributed by atoms with Crippen LogP contribution in [-0.2, 0) is 12.8 Å². The van der Waals surface area contributed by atoms with Gasteiger partial charge in [-0.15, -0.1) is 6.58 Å². The zero-order chi connectivity index (χ0) is 12.0.